The minimum Gasteiger partial charge on any atom is -0.361 e. The first-order valence-corrected chi connectivity index (χ1v) is 3.47. The Balaban J connectivity index is 3.50. The lowest BCUT2D eigenvalue weighted by atomic mass is 10.6. The van der Waals surface area contributed by atoms with Crippen LogP contribution in [-0.2, 0) is 13.8 Å². The summed E-state index contributed by atoms with van der Waals surface area (Å²) in [5.74, 6) is -2.19. The number of rotatable bonds is 2. The number of hydrogen-bond acceptors (Lipinski definition) is 5. The van der Waals surface area contributed by atoms with Crippen molar-refractivity contribution >= 4 is 30.1 Å². The van der Waals surface area contributed by atoms with Crippen molar-refractivity contribution in [3.63, 3.8) is 0 Å². The summed E-state index contributed by atoms with van der Waals surface area (Å²) in [4.78, 5) is 30.8. The summed E-state index contributed by atoms with van der Waals surface area (Å²) in [5, 5.41) is 2.12. The fraction of sp³-hybridized carbons (Fsp3) is 0.250. The smallest absolute Gasteiger partial charge is 0.361 e. The van der Waals surface area contributed by atoms with E-state index in [1.165, 1.54) is 7.05 Å². The van der Waals surface area contributed by atoms with E-state index >= 15 is 0 Å². The Morgan fingerprint density at radius 3 is 2.42 bits per heavy atom. The molecule has 8 heteroatoms. The highest BCUT2D eigenvalue weighted by Gasteiger charge is 2.09. The van der Waals surface area contributed by atoms with Crippen molar-refractivity contribution in [1.29, 1.82) is 0 Å². The molecule has 0 saturated carbocycles. The summed E-state index contributed by atoms with van der Waals surface area (Å²) >= 11 is 0.310. The van der Waals surface area contributed by atoms with Crippen molar-refractivity contribution in [2.24, 2.45) is 5.73 Å². The number of carbonyl (C=O) groups excluding carboxylic acids is 3. The van der Waals surface area contributed by atoms with Gasteiger partial charge in [0.05, 0.1) is 0 Å². The van der Waals surface area contributed by atoms with Crippen molar-refractivity contribution in [3.05, 3.63) is 0 Å². The molecule has 0 aromatic rings. The van der Waals surface area contributed by atoms with E-state index in [0.29, 0.717) is 12.2 Å². The van der Waals surface area contributed by atoms with E-state index in [9.17, 15) is 14.4 Å². The van der Waals surface area contributed by atoms with Crippen molar-refractivity contribution in [1.82, 2.24) is 10.0 Å². The van der Waals surface area contributed by atoms with Crippen LogP contribution in [0.15, 0.2) is 0 Å². The maximum Gasteiger partial charge on any atom is 0.420 e. The van der Waals surface area contributed by atoms with Gasteiger partial charge in [-0.25, -0.2) is 4.79 Å². The molecule has 0 aromatic heterocycles. The van der Waals surface area contributed by atoms with E-state index in [1.54, 1.807) is 0 Å². The molecule has 0 atom stereocenters. The zero-order valence-electron chi connectivity index (χ0n) is 6.12. The van der Waals surface area contributed by atoms with Crippen LogP contribution in [0.25, 0.3) is 0 Å². The predicted octanol–water partition coefficient (Wildman–Crippen LogP) is -1.49. The molecule has 0 bridgehead atoms. The summed E-state index contributed by atoms with van der Waals surface area (Å²) in [6.07, 6.45) is -0.746. The van der Waals surface area contributed by atoms with Crippen LogP contribution in [0.3, 0.4) is 0 Å². The van der Waals surface area contributed by atoms with Crippen LogP contribution in [0.2, 0.25) is 0 Å². The number of primary amides is 1. The minimum absolute atomic E-state index is 0.310. The van der Waals surface area contributed by atoms with Gasteiger partial charge >= 0.3 is 17.9 Å². The first-order chi connectivity index (χ1) is 5.57. The van der Waals surface area contributed by atoms with Crippen LogP contribution in [0, 0.1) is 0 Å². The highest BCUT2D eigenvalue weighted by molar-refractivity contribution is 7.93. The second-order valence-corrected chi connectivity index (χ2v) is 2.04. The van der Waals surface area contributed by atoms with Crippen LogP contribution in [0.5, 0.6) is 0 Å². The lowest BCUT2D eigenvalue weighted by Gasteiger charge is -2.00. The Morgan fingerprint density at radius 2 is 2.00 bits per heavy atom. The van der Waals surface area contributed by atoms with Gasteiger partial charge in [0.25, 0.3) is 0 Å². The van der Waals surface area contributed by atoms with Crippen LogP contribution < -0.4 is 15.8 Å². The predicted molar refractivity (Wildman–Crippen MR) is 40.5 cm³/mol. The fourth-order valence-corrected chi connectivity index (χ4v) is 0.565. The summed E-state index contributed by atoms with van der Waals surface area (Å²) < 4.78 is 6.11. The molecule has 0 rings (SSSR count). The summed E-state index contributed by atoms with van der Waals surface area (Å²) in [5.41, 5.74) is 4.56. The maximum absolute atomic E-state index is 10.4. The average molecular weight is 193 g/mol. The van der Waals surface area contributed by atoms with Gasteiger partial charge in [-0.3, -0.25) is 14.3 Å². The normalized spacial score (nSPS) is 8.42. The van der Waals surface area contributed by atoms with Gasteiger partial charge < -0.3 is 15.2 Å². The fourth-order valence-electron chi connectivity index (χ4n) is 0.188. The van der Waals surface area contributed by atoms with Crippen molar-refractivity contribution in [3.8, 4) is 0 Å². The number of hydrogen-bond donors (Lipinski definition) is 3. The molecule has 0 radical (unpaired) electrons. The van der Waals surface area contributed by atoms with Gasteiger partial charge in [0.1, 0.15) is 0 Å². The molecule has 0 aromatic carbocycles. The minimum atomic E-state index is -1.15. The Labute approximate surface area is 72.3 Å². The number of carbonyl (C=O) groups is 3. The van der Waals surface area contributed by atoms with Gasteiger partial charge in [0.15, 0.2) is 12.2 Å². The molecule has 0 aliphatic rings. The van der Waals surface area contributed by atoms with Gasteiger partial charge in [0.2, 0.25) is 0 Å². The SMILES string of the molecule is CNC(=O)OSNC(=O)C(N)=O. The Kier molecular flexibility index (Phi) is 4.61. The second kappa shape index (κ2) is 5.24. The number of nitrogens with two attached hydrogens (primary N) is 1. The lowest BCUT2D eigenvalue weighted by molar-refractivity contribution is -0.136. The van der Waals surface area contributed by atoms with Gasteiger partial charge in [-0.1, -0.05) is 0 Å². The molecule has 0 saturated heterocycles. The monoisotopic (exact) mass is 193 g/mol. The summed E-state index contributed by atoms with van der Waals surface area (Å²) in [7, 11) is 1.35. The largest absolute Gasteiger partial charge is 0.420 e. The van der Waals surface area contributed by atoms with Gasteiger partial charge in [-0.15, -0.1) is 0 Å². The Hall–Kier alpha value is -1.44. The Morgan fingerprint density at radius 1 is 1.42 bits per heavy atom. The molecule has 68 valence electrons. The second-order valence-electron chi connectivity index (χ2n) is 1.50. The third-order valence-corrected chi connectivity index (χ3v) is 1.18. The van der Waals surface area contributed by atoms with Gasteiger partial charge in [-0.2, -0.15) is 0 Å². The quantitative estimate of drug-likeness (QED) is 0.281. The Bertz CT molecular complexity index is 206. The van der Waals surface area contributed by atoms with Crippen molar-refractivity contribution in [2.75, 3.05) is 7.05 Å². The molecule has 3 amide bonds. The van der Waals surface area contributed by atoms with Crippen LogP contribution in [-0.4, -0.2) is 25.0 Å². The van der Waals surface area contributed by atoms with E-state index in [1.807, 2.05) is 4.72 Å². The molecule has 0 fully saturated rings. The third-order valence-electron chi connectivity index (χ3n) is 0.680. The van der Waals surface area contributed by atoms with Crippen LogP contribution in [0.1, 0.15) is 0 Å². The molecule has 7 nitrogen and oxygen atoms in total. The molecule has 0 heterocycles. The summed E-state index contributed by atoms with van der Waals surface area (Å²) in [6.45, 7) is 0. The van der Waals surface area contributed by atoms with E-state index in [-0.39, 0.29) is 0 Å². The molecular formula is C4H7N3O4S. The van der Waals surface area contributed by atoms with E-state index < -0.39 is 17.9 Å². The highest BCUT2D eigenvalue weighted by atomic mass is 32.2. The molecule has 0 unspecified atom stereocenters. The zero-order chi connectivity index (χ0) is 9.56. The van der Waals surface area contributed by atoms with Crippen molar-refractivity contribution in [2.45, 2.75) is 0 Å². The lowest BCUT2D eigenvalue weighted by Crippen LogP contribution is -2.32. The average Bonchev–Trinajstić information content (AvgIpc) is 2.03. The zero-order valence-corrected chi connectivity index (χ0v) is 6.94. The molecule has 0 aliphatic heterocycles. The highest BCUT2D eigenvalue weighted by Crippen LogP contribution is 1.94. The van der Waals surface area contributed by atoms with E-state index in [2.05, 4.69) is 15.2 Å². The molecule has 0 aliphatic carbocycles. The molecule has 12 heavy (non-hydrogen) atoms. The van der Waals surface area contributed by atoms with Crippen LogP contribution in [0.4, 0.5) is 4.79 Å². The first-order valence-electron chi connectivity index (χ1n) is 2.73. The maximum atomic E-state index is 10.4. The third kappa shape index (κ3) is 4.39. The molecule has 4 N–H and O–H groups in total. The van der Waals surface area contributed by atoms with E-state index in [4.69, 9.17) is 0 Å². The molecule has 0 spiro atoms. The topological polar surface area (TPSA) is 111 Å². The van der Waals surface area contributed by atoms with Gasteiger partial charge in [-0.05, 0) is 0 Å². The standard InChI is InChI=1S/C4H7N3O4S/c1-6-4(10)11-12-7-3(9)2(5)8/h1H3,(H2,5,8)(H,6,10)(H,7,9). The van der Waals surface area contributed by atoms with Gasteiger partial charge in [0, 0.05) is 7.05 Å². The van der Waals surface area contributed by atoms with Crippen molar-refractivity contribution < 1.29 is 18.6 Å². The van der Waals surface area contributed by atoms with E-state index in [0.717, 1.165) is 0 Å². The number of amides is 3. The molecular weight excluding hydrogens is 186 g/mol. The summed E-state index contributed by atoms with van der Waals surface area (Å²) in [6, 6.07) is 0. The first kappa shape index (κ1) is 10.6. The number of nitrogens with one attached hydrogen (secondary N) is 2. The van der Waals surface area contributed by atoms with Crippen LogP contribution >= 0.6 is 12.2 Å².